The van der Waals surface area contributed by atoms with Crippen LogP contribution in [0, 0.1) is 5.82 Å². The molecule has 0 fully saturated rings. The summed E-state index contributed by atoms with van der Waals surface area (Å²) in [6, 6.07) is 9.20. The Morgan fingerprint density at radius 2 is 2.09 bits per heavy atom. The molecule has 0 bridgehead atoms. The van der Waals surface area contributed by atoms with Crippen molar-refractivity contribution < 1.29 is 23.5 Å². The zero-order chi connectivity index (χ0) is 24.7. The normalized spacial score (nSPS) is 15.7. The highest BCUT2D eigenvalue weighted by Gasteiger charge is 2.30. The van der Waals surface area contributed by atoms with Crippen LogP contribution in [0.25, 0.3) is 0 Å². The van der Waals surface area contributed by atoms with Crippen LogP contribution in [0.15, 0.2) is 36.4 Å². The van der Waals surface area contributed by atoms with Crippen LogP contribution in [0.2, 0.25) is 10.0 Å². The molecule has 1 heterocycles. The van der Waals surface area contributed by atoms with E-state index in [0.717, 1.165) is 11.8 Å². The number of nitrogens with one attached hydrogen (secondary N) is 3. The average Bonchev–Trinajstić information content (AvgIpc) is 2.83. The van der Waals surface area contributed by atoms with E-state index in [0.29, 0.717) is 30.3 Å². The van der Waals surface area contributed by atoms with Gasteiger partial charge in [-0.3, -0.25) is 9.59 Å². The second-order valence-corrected chi connectivity index (χ2v) is 8.96. The van der Waals surface area contributed by atoms with Gasteiger partial charge in [-0.05, 0) is 43.8 Å². The van der Waals surface area contributed by atoms with Crippen molar-refractivity contribution in [1.82, 2.24) is 16.0 Å². The van der Waals surface area contributed by atoms with Crippen LogP contribution in [-0.2, 0) is 9.59 Å². The van der Waals surface area contributed by atoms with E-state index in [1.165, 1.54) is 24.1 Å². The topological polar surface area (TPSA) is 91.9 Å². The molecule has 0 aliphatic carbocycles. The summed E-state index contributed by atoms with van der Waals surface area (Å²) in [6.07, 6.45) is 1.25. The first-order chi connectivity index (χ1) is 16.3. The second kappa shape index (κ2) is 12.3. The van der Waals surface area contributed by atoms with E-state index in [2.05, 4.69) is 16.0 Å². The maximum absolute atomic E-state index is 13.5. The number of benzene rings is 2. The van der Waals surface area contributed by atoms with Gasteiger partial charge in [-0.2, -0.15) is 0 Å². The first kappa shape index (κ1) is 26.2. The summed E-state index contributed by atoms with van der Waals surface area (Å²) in [5.74, 6) is -0.498. The molecule has 0 radical (unpaired) electrons. The minimum absolute atomic E-state index is 0.0255. The molecule has 3 N–H and O–H groups in total. The maximum atomic E-state index is 13.5. The number of ether oxygens (including phenoxy) is 2. The fourth-order valence-corrected chi connectivity index (χ4v) is 4.14. The first-order valence-electron chi connectivity index (χ1n) is 10.4. The lowest BCUT2D eigenvalue weighted by Gasteiger charge is -2.34. The number of amides is 2. The molecule has 3 rings (SSSR count). The summed E-state index contributed by atoms with van der Waals surface area (Å²) < 4.78 is 26.6. The van der Waals surface area contributed by atoms with Crippen molar-refractivity contribution in [2.45, 2.75) is 18.7 Å². The number of anilines is 1. The third-order valence-corrected chi connectivity index (χ3v) is 6.31. The third kappa shape index (κ3) is 7.05. The van der Waals surface area contributed by atoms with Gasteiger partial charge in [0.15, 0.2) is 12.7 Å². The standard InChI is InChI=1S/C22H25Cl2FN4O4S/c1-26-20(28-21(30)12-32-14-4-5-15(24)16(25)10-14)7-8-27-22(31)19-11-29(34-2)17-9-13(23)3-6-18(17)33-19/h3-6,9-10,19-20,26H,7-8,11-12H2,1-2H3,(H,27,31)(H,28,30). The number of carbonyl (C=O) groups excluding carboxylic acids is 2. The van der Waals surface area contributed by atoms with E-state index in [4.69, 9.17) is 32.7 Å². The summed E-state index contributed by atoms with van der Waals surface area (Å²) in [6.45, 7) is 0.380. The number of hydrogen-bond acceptors (Lipinski definition) is 7. The number of nitrogens with zero attached hydrogens (tertiary/aromatic N) is 1. The van der Waals surface area contributed by atoms with Gasteiger partial charge in [0.2, 0.25) is 0 Å². The maximum Gasteiger partial charge on any atom is 0.263 e. The Morgan fingerprint density at radius 1 is 1.29 bits per heavy atom. The van der Waals surface area contributed by atoms with Gasteiger partial charge in [0, 0.05) is 23.9 Å². The second-order valence-electron chi connectivity index (χ2n) is 7.32. The van der Waals surface area contributed by atoms with E-state index < -0.39 is 24.0 Å². The highest BCUT2D eigenvalue weighted by atomic mass is 35.5. The molecule has 2 aromatic carbocycles. The third-order valence-electron chi connectivity index (χ3n) is 4.98. The summed E-state index contributed by atoms with van der Waals surface area (Å²) in [4.78, 5) is 24.8. The predicted molar refractivity (Wildman–Crippen MR) is 132 cm³/mol. The van der Waals surface area contributed by atoms with Crippen LogP contribution in [0.1, 0.15) is 6.42 Å². The minimum atomic E-state index is -0.683. The van der Waals surface area contributed by atoms with Crippen LogP contribution >= 0.6 is 35.1 Å². The fraction of sp³-hybridized carbons (Fsp3) is 0.364. The van der Waals surface area contributed by atoms with Gasteiger partial charge in [0.25, 0.3) is 11.8 Å². The molecule has 2 aromatic rings. The zero-order valence-electron chi connectivity index (χ0n) is 18.6. The lowest BCUT2D eigenvalue weighted by atomic mass is 10.2. The Kier molecular flexibility index (Phi) is 9.52. The summed E-state index contributed by atoms with van der Waals surface area (Å²) >= 11 is 13.2. The molecule has 0 spiro atoms. The lowest BCUT2D eigenvalue weighted by molar-refractivity contribution is -0.127. The highest BCUT2D eigenvalue weighted by molar-refractivity contribution is 8.00. The number of rotatable bonds is 10. The number of hydrogen-bond donors (Lipinski definition) is 3. The monoisotopic (exact) mass is 530 g/mol. The number of carbonyl (C=O) groups is 2. The van der Waals surface area contributed by atoms with Crippen molar-refractivity contribution in [1.29, 1.82) is 0 Å². The Hall–Kier alpha value is -2.40. The van der Waals surface area contributed by atoms with Crippen LogP contribution in [0.3, 0.4) is 0 Å². The minimum Gasteiger partial charge on any atom is -0.484 e. The molecule has 34 heavy (non-hydrogen) atoms. The lowest BCUT2D eigenvalue weighted by Crippen LogP contribution is -2.50. The highest BCUT2D eigenvalue weighted by Crippen LogP contribution is 2.38. The Balaban J connectivity index is 1.44. The van der Waals surface area contributed by atoms with Crippen molar-refractivity contribution in [2.75, 3.05) is 37.3 Å². The Bertz CT molecular complexity index is 1030. The Labute approximate surface area is 211 Å². The molecule has 1 aliphatic heterocycles. The van der Waals surface area contributed by atoms with Crippen LogP contribution in [0.4, 0.5) is 10.1 Å². The van der Waals surface area contributed by atoms with Crippen molar-refractivity contribution in [3.05, 3.63) is 52.3 Å². The van der Waals surface area contributed by atoms with Crippen LogP contribution < -0.4 is 29.7 Å². The molecule has 12 heteroatoms. The summed E-state index contributed by atoms with van der Waals surface area (Å²) in [7, 11) is 1.69. The molecule has 2 unspecified atom stereocenters. The molecule has 2 atom stereocenters. The van der Waals surface area contributed by atoms with Crippen molar-refractivity contribution in [3.63, 3.8) is 0 Å². The van der Waals surface area contributed by atoms with E-state index >= 15 is 0 Å². The van der Waals surface area contributed by atoms with E-state index in [9.17, 15) is 14.0 Å². The van der Waals surface area contributed by atoms with E-state index in [1.54, 1.807) is 25.2 Å². The van der Waals surface area contributed by atoms with Gasteiger partial charge in [0.05, 0.1) is 23.4 Å². The average molecular weight is 531 g/mol. The van der Waals surface area contributed by atoms with Gasteiger partial charge >= 0.3 is 0 Å². The van der Waals surface area contributed by atoms with Crippen molar-refractivity contribution >= 4 is 52.7 Å². The molecule has 184 valence electrons. The Morgan fingerprint density at radius 3 is 2.79 bits per heavy atom. The molecule has 1 aliphatic rings. The van der Waals surface area contributed by atoms with E-state index in [-0.39, 0.29) is 23.3 Å². The van der Waals surface area contributed by atoms with E-state index in [1.807, 2.05) is 10.6 Å². The molecule has 0 saturated heterocycles. The van der Waals surface area contributed by atoms with Crippen molar-refractivity contribution in [2.24, 2.45) is 0 Å². The molecule has 0 aromatic heterocycles. The largest absolute Gasteiger partial charge is 0.484 e. The smallest absolute Gasteiger partial charge is 0.263 e. The van der Waals surface area contributed by atoms with Crippen LogP contribution in [-0.4, -0.2) is 57.1 Å². The summed E-state index contributed by atoms with van der Waals surface area (Å²) in [5.41, 5.74) is 0.825. The zero-order valence-corrected chi connectivity index (χ0v) is 20.9. The fourth-order valence-electron chi connectivity index (χ4n) is 3.23. The quantitative estimate of drug-likeness (QED) is 0.320. The predicted octanol–water partition coefficient (Wildman–Crippen LogP) is 3.22. The summed E-state index contributed by atoms with van der Waals surface area (Å²) in [5, 5.41) is 9.12. The van der Waals surface area contributed by atoms with Gasteiger partial charge in [-0.1, -0.05) is 35.1 Å². The van der Waals surface area contributed by atoms with Gasteiger partial charge in [0.1, 0.15) is 17.3 Å². The van der Waals surface area contributed by atoms with Gasteiger partial charge in [-0.15, -0.1) is 0 Å². The van der Waals surface area contributed by atoms with Gasteiger partial charge in [-0.25, -0.2) is 4.39 Å². The molecule has 0 saturated carbocycles. The molecular formula is C22H25Cl2FN4O4S. The number of halogens is 3. The molecule has 2 amide bonds. The van der Waals surface area contributed by atoms with Gasteiger partial charge < -0.3 is 29.7 Å². The van der Waals surface area contributed by atoms with Crippen LogP contribution in [0.5, 0.6) is 11.5 Å². The molecule has 8 nitrogen and oxygen atoms in total. The first-order valence-corrected chi connectivity index (χ1v) is 12.3. The SMILES string of the molecule is CNC(CCNC(=O)C1CN(SC)c2cc(Cl)ccc2O1)NC(=O)COc1ccc(Cl)c(F)c1. The number of fused-ring (bicyclic) bond motifs is 1. The van der Waals surface area contributed by atoms with Crippen molar-refractivity contribution in [3.8, 4) is 11.5 Å². The molecular weight excluding hydrogens is 506 g/mol.